The maximum Gasteiger partial charge on any atom is 0.159 e. The lowest BCUT2D eigenvalue weighted by Crippen LogP contribution is -2.10. The Morgan fingerprint density at radius 3 is 2.24 bits per heavy atom. The van der Waals surface area contributed by atoms with Gasteiger partial charge < -0.3 is 9.32 Å². The molecule has 0 aliphatic heterocycles. The maximum absolute atomic E-state index is 6.52. The normalized spacial score (nSPS) is 11.9. The molecule has 0 N–H and O–H groups in total. The number of rotatable bonds is 4. The van der Waals surface area contributed by atoms with Gasteiger partial charge in [0.25, 0.3) is 0 Å². The van der Waals surface area contributed by atoms with Crippen LogP contribution in [-0.4, -0.2) is 4.98 Å². The van der Waals surface area contributed by atoms with E-state index in [0.717, 1.165) is 55.3 Å². The van der Waals surface area contributed by atoms with Crippen LogP contribution in [0, 0.1) is 0 Å². The van der Waals surface area contributed by atoms with E-state index >= 15 is 0 Å². The molecule has 0 unspecified atom stereocenters. The van der Waals surface area contributed by atoms with Gasteiger partial charge in [-0.05, 0) is 47.2 Å². The van der Waals surface area contributed by atoms with E-state index in [0.29, 0.717) is 0 Å². The fourth-order valence-corrected chi connectivity index (χ4v) is 7.34. The molecule has 1 aliphatic carbocycles. The lowest BCUT2D eigenvalue weighted by Gasteiger charge is -2.26. The predicted molar refractivity (Wildman–Crippen MR) is 171 cm³/mol. The first-order chi connectivity index (χ1) is 20.3. The lowest BCUT2D eigenvalue weighted by atomic mass is 10.0. The number of para-hydroxylation sites is 3. The van der Waals surface area contributed by atoms with Crippen LogP contribution in [0.1, 0.15) is 0 Å². The van der Waals surface area contributed by atoms with Crippen molar-refractivity contribution in [1.29, 1.82) is 0 Å². The second-order valence-corrected chi connectivity index (χ2v) is 11.4. The first kappa shape index (κ1) is 22.6. The summed E-state index contributed by atoms with van der Waals surface area (Å²) in [6.45, 7) is 0. The fourth-order valence-electron chi connectivity index (χ4n) is 6.22. The van der Waals surface area contributed by atoms with Crippen LogP contribution in [0.25, 0.3) is 65.0 Å². The topological polar surface area (TPSA) is 29.3 Å². The molecule has 9 rings (SSSR count). The Bertz CT molecular complexity index is 2260. The highest BCUT2D eigenvalue weighted by molar-refractivity contribution is 7.19. The number of aromatic nitrogens is 1. The van der Waals surface area contributed by atoms with E-state index in [1.165, 1.54) is 26.8 Å². The van der Waals surface area contributed by atoms with Crippen molar-refractivity contribution in [1.82, 2.24) is 4.98 Å². The van der Waals surface area contributed by atoms with E-state index in [9.17, 15) is 0 Å². The zero-order valence-corrected chi connectivity index (χ0v) is 22.7. The maximum atomic E-state index is 6.52. The van der Waals surface area contributed by atoms with Crippen molar-refractivity contribution in [2.75, 3.05) is 4.90 Å². The molecule has 41 heavy (non-hydrogen) atoms. The Hall–Kier alpha value is -5.19. The van der Waals surface area contributed by atoms with Crippen molar-refractivity contribution in [3.8, 4) is 32.3 Å². The second-order valence-electron chi connectivity index (χ2n) is 10.4. The molecule has 2 aromatic heterocycles. The highest BCUT2D eigenvalue weighted by atomic mass is 32.1. The third-order valence-corrected chi connectivity index (χ3v) is 9.14. The number of hydrogen-bond acceptors (Lipinski definition) is 4. The zero-order chi connectivity index (χ0) is 26.9. The second kappa shape index (κ2) is 8.65. The van der Waals surface area contributed by atoms with E-state index in [-0.39, 0.29) is 0 Å². The number of benzene rings is 6. The number of furan rings is 1. The predicted octanol–water partition coefficient (Wildman–Crippen LogP) is 11.0. The molecule has 8 aromatic rings. The van der Waals surface area contributed by atoms with Crippen LogP contribution in [0.4, 0.5) is 17.1 Å². The molecule has 0 fully saturated rings. The Morgan fingerprint density at radius 2 is 1.37 bits per heavy atom. The highest BCUT2D eigenvalue weighted by Crippen LogP contribution is 2.53. The van der Waals surface area contributed by atoms with Gasteiger partial charge in [-0.15, -0.1) is 11.3 Å². The minimum Gasteiger partial charge on any atom is -0.454 e. The summed E-state index contributed by atoms with van der Waals surface area (Å²) < 4.78 is 6.52. The summed E-state index contributed by atoms with van der Waals surface area (Å²) in [7, 11) is 0. The molecule has 192 valence electrons. The van der Waals surface area contributed by atoms with Gasteiger partial charge in [-0.25, -0.2) is 4.98 Å². The molecule has 0 atom stereocenters. The van der Waals surface area contributed by atoms with Crippen LogP contribution >= 0.6 is 11.3 Å². The first-order valence-electron chi connectivity index (χ1n) is 13.7. The Balaban J connectivity index is 1.31. The number of thiazole rings is 1. The van der Waals surface area contributed by atoms with E-state index in [2.05, 4.69) is 120 Å². The van der Waals surface area contributed by atoms with Crippen LogP contribution in [0.2, 0.25) is 0 Å². The van der Waals surface area contributed by atoms with Crippen molar-refractivity contribution in [3.05, 3.63) is 133 Å². The van der Waals surface area contributed by atoms with Gasteiger partial charge in [0.15, 0.2) is 5.58 Å². The molecule has 3 nitrogen and oxygen atoms in total. The van der Waals surface area contributed by atoms with E-state index < -0.39 is 0 Å². The van der Waals surface area contributed by atoms with Crippen LogP contribution in [0.5, 0.6) is 0 Å². The zero-order valence-electron chi connectivity index (χ0n) is 21.9. The van der Waals surface area contributed by atoms with Gasteiger partial charge >= 0.3 is 0 Å². The van der Waals surface area contributed by atoms with E-state index in [1.807, 2.05) is 18.2 Å². The summed E-state index contributed by atoms with van der Waals surface area (Å²) >= 11 is 1.78. The van der Waals surface area contributed by atoms with Crippen LogP contribution in [0.15, 0.2) is 138 Å². The van der Waals surface area contributed by atoms with Gasteiger partial charge in [0.1, 0.15) is 10.6 Å². The first-order valence-corrected chi connectivity index (χ1v) is 14.5. The molecule has 1 aliphatic rings. The van der Waals surface area contributed by atoms with Crippen molar-refractivity contribution < 1.29 is 4.42 Å². The number of fused-ring (bicyclic) bond motifs is 6. The minimum absolute atomic E-state index is 0.878. The largest absolute Gasteiger partial charge is 0.454 e. The smallest absolute Gasteiger partial charge is 0.159 e. The summed E-state index contributed by atoms with van der Waals surface area (Å²) in [5.74, 6) is 0. The van der Waals surface area contributed by atoms with E-state index in [1.54, 1.807) is 11.3 Å². The average molecular weight is 543 g/mol. The fraction of sp³-hybridized carbons (Fsp3) is 0. The van der Waals surface area contributed by atoms with Crippen LogP contribution in [-0.2, 0) is 0 Å². The molecule has 0 radical (unpaired) electrons. The molecule has 0 amide bonds. The van der Waals surface area contributed by atoms with Gasteiger partial charge in [-0.3, -0.25) is 0 Å². The standard InChI is InChI=1S/C37H22N2OS/c1-3-11-23(12-4-1)37-38-34-30-22-26(21-24-13-9-18-29(33(24)30)36(34)41-37)39(25-14-5-2-6-15-25)31-19-10-17-28-27-16-7-8-20-32(27)40-35(28)31/h1-22H. The third-order valence-electron chi connectivity index (χ3n) is 8.01. The minimum atomic E-state index is 0.878. The van der Waals surface area contributed by atoms with Crippen molar-refractivity contribution in [2.24, 2.45) is 0 Å². The Kier molecular flexibility index (Phi) is 4.77. The highest BCUT2D eigenvalue weighted by Gasteiger charge is 2.28. The van der Waals surface area contributed by atoms with Crippen LogP contribution in [0.3, 0.4) is 0 Å². The number of hydrogen-bond donors (Lipinski definition) is 0. The molecule has 0 saturated heterocycles. The Labute approximate surface area is 240 Å². The average Bonchev–Trinajstić information content (AvgIpc) is 3.72. The molecule has 0 saturated carbocycles. The number of anilines is 3. The number of nitrogens with zero attached hydrogens (tertiary/aromatic N) is 2. The summed E-state index contributed by atoms with van der Waals surface area (Å²) in [5.41, 5.74) is 9.60. The Morgan fingerprint density at radius 1 is 0.610 bits per heavy atom. The summed E-state index contributed by atoms with van der Waals surface area (Å²) in [6, 6.07) is 46.9. The van der Waals surface area contributed by atoms with Gasteiger partial charge in [-0.1, -0.05) is 97.1 Å². The van der Waals surface area contributed by atoms with Gasteiger partial charge in [0.05, 0.1) is 16.3 Å². The summed E-state index contributed by atoms with van der Waals surface area (Å²) in [6.07, 6.45) is 0. The lowest BCUT2D eigenvalue weighted by molar-refractivity contribution is 0.669. The molecule has 0 spiro atoms. The molecular weight excluding hydrogens is 520 g/mol. The molecule has 0 bridgehead atoms. The van der Waals surface area contributed by atoms with Gasteiger partial charge in [0, 0.05) is 38.8 Å². The molecule has 6 aromatic carbocycles. The molecular formula is C37H22N2OS. The molecule has 2 heterocycles. The van der Waals surface area contributed by atoms with Crippen LogP contribution < -0.4 is 4.90 Å². The van der Waals surface area contributed by atoms with Crippen molar-refractivity contribution in [3.63, 3.8) is 0 Å². The van der Waals surface area contributed by atoms with E-state index in [4.69, 9.17) is 9.40 Å². The molecule has 4 heteroatoms. The van der Waals surface area contributed by atoms with Gasteiger partial charge in [-0.2, -0.15) is 0 Å². The SMILES string of the molecule is c1ccc(-c2nc3c(s2)-c2cccc4cc(N(c5ccccc5)c5cccc6c5oc5ccccc56)cc-3c24)cc1. The summed E-state index contributed by atoms with van der Waals surface area (Å²) in [4.78, 5) is 8.77. The summed E-state index contributed by atoms with van der Waals surface area (Å²) in [5, 5.41) is 5.77. The van der Waals surface area contributed by atoms with Crippen molar-refractivity contribution in [2.45, 2.75) is 0 Å². The quantitative estimate of drug-likeness (QED) is 0.221. The van der Waals surface area contributed by atoms with Crippen molar-refractivity contribution >= 4 is 61.1 Å². The van der Waals surface area contributed by atoms with Gasteiger partial charge in [0.2, 0.25) is 0 Å². The monoisotopic (exact) mass is 542 g/mol. The third kappa shape index (κ3) is 3.35.